The van der Waals surface area contributed by atoms with Gasteiger partial charge in [-0.2, -0.15) is 13.2 Å². The van der Waals surface area contributed by atoms with Gasteiger partial charge in [-0.25, -0.2) is 0 Å². The Morgan fingerprint density at radius 2 is 1.93 bits per heavy atom. The van der Waals surface area contributed by atoms with Crippen molar-refractivity contribution in [3.63, 3.8) is 0 Å². The van der Waals surface area contributed by atoms with E-state index in [9.17, 15) is 18.0 Å². The van der Waals surface area contributed by atoms with Gasteiger partial charge in [0.05, 0.1) is 6.42 Å². The predicted octanol–water partition coefficient (Wildman–Crippen LogP) is 1.40. The molecule has 0 aromatic heterocycles. The molecule has 15 heavy (non-hydrogen) atoms. The van der Waals surface area contributed by atoms with Gasteiger partial charge in [0.2, 0.25) is 5.91 Å². The lowest BCUT2D eigenvalue weighted by atomic mass is 10.2. The number of rotatable bonds is 5. The Bertz CT molecular complexity index is 204. The van der Waals surface area contributed by atoms with Crippen LogP contribution >= 0.6 is 0 Å². The summed E-state index contributed by atoms with van der Waals surface area (Å²) in [6.07, 6.45) is -4.81. The van der Waals surface area contributed by atoms with E-state index in [1.165, 1.54) is 11.8 Å². The van der Waals surface area contributed by atoms with Gasteiger partial charge in [-0.1, -0.05) is 0 Å². The average molecular weight is 226 g/mol. The molecule has 0 fully saturated rings. The van der Waals surface area contributed by atoms with Crippen molar-refractivity contribution in [1.82, 2.24) is 10.2 Å². The summed E-state index contributed by atoms with van der Waals surface area (Å²) < 4.78 is 35.7. The highest BCUT2D eigenvalue weighted by Crippen LogP contribution is 2.21. The van der Waals surface area contributed by atoms with Gasteiger partial charge in [-0.15, -0.1) is 0 Å². The minimum atomic E-state index is -4.15. The molecule has 0 saturated carbocycles. The largest absolute Gasteiger partial charge is 0.390 e. The number of nitrogens with one attached hydrogen (secondary N) is 1. The standard InChI is InChI=1S/C9H17F3N2O/c1-7(6-9(10,11)12)13-5-4-8(15)14(2)3/h7,13H,4-6H2,1-3H3. The Morgan fingerprint density at radius 1 is 1.40 bits per heavy atom. The maximum atomic E-state index is 11.9. The van der Waals surface area contributed by atoms with E-state index in [1.807, 2.05) is 0 Å². The normalized spacial score (nSPS) is 13.7. The summed E-state index contributed by atoms with van der Waals surface area (Å²) in [5, 5.41) is 2.66. The van der Waals surface area contributed by atoms with Crippen LogP contribution in [0.4, 0.5) is 13.2 Å². The highest BCUT2D eigenvalue weighted by Gasteiger charge is 2.29. The summed E-state index contributed by atoms with van der Waals surface area (Å²) in [5.41, 5.74) is 0. The summed E-state index contributed by atoms with van der Waals surface area (Å²) in [6, 6.07) is -0.653. The Hall–Kier alpha value is -0.780. The van der Waals surface area contributed by atoms with Gasteiger partial charge in [0.15, 0.2) is 0 Å². The molecule has 6 heteroatoms. The second-order valence-electron chi connectivity index (χ2n) is 3.71. The fourth-order valence-electron chi connectivity index (χ4n) is 1.07. The second kappa shape index (κ2) is 5.95. The predicted molar refractivity (Wildman–Crippen MR) is 51.4 cm³/mol. The Labute approximate surface area is 87.6 Å². The third kappa shape index (κ3) is 8.23. The minimum absolute atomic E-state index is 0.0956. The Morgan fingerprint density at radius 3 is 2.33 bits per heavy atom. The van der Waals surface area contributed by atoms with Crippen molar-refractivity contribution in [1.29, 1.82) is 0 Å². The molecule has 0 saturated heterocycles. The van der Waals surface area contributed by atoms with E-state index in [2.05, 4.69) is 5.32 Å². The lowest BCUT2D eigenvalue weighted by Gasteiger charge is -2.16. The van der Waals surface area contributed by atoms with Crippen LogP contribution in [-0.4, -0.2) is 43.7 Å². The molecule has 0 aliphatic heterocycles. The van der Waals surface area contributed by atoms with E-state index in [1.54, 1.807) is 14.1 Å². The molecule has 0 aromatic rings. The van der Waals surface area contributed by atoms with Gasteiger partial charge >= 0.3 is 6.18 Å². The second-order valence-corrected chi connectivity index (χ2v) is 3.71. The van der Waals surface area contributed by atoms with E-state index < -0.39 is 18.6 Å². The smallest absolute Gasteiger partial charge is 0.349 e. The molecule has 0 aromatic carbocycles. The van der Waals surface area contributed by atoms with Crippen molar-refractivity contribution >= 4 is 5.91 Å². The summed E-state index contributed by atoms with van der Waals surface area (Å²) in [6.45, 7) is 1.72. The number of amides is 1. The summed E-state index contributed by atoms with van der Waals surface area (Å²) >= 11 is 0. The number of carbonyl (C=O) groups excluding carboxylic acids is 1. The van der Waals surface area contributed by atoms with Crippen LogP contribution in [0.3, 0.4) is 0 Å². The quantitative estimate of drug-likeness (QED) is 0.768. The molecule has 0 aliphatic rings. The van der Waals surface area contributed by atoms with E-state index in [0.717, 1.165) is 0 Å². The first kappa shape index (κ1) is 14.2. The topological polar surface area (TPSA) is 32.3 Å². The van der Waals surface area contributed by atoms with E-state index >= 15 is 0 Å². The first-order valence-electron chi connectivity index (χ1n) is 4.72. The summed E-state index contributed by atoms with van der Waals surface area (Å²) in [7, 11) is 3.23. The molecule has 1 amide bonds. The van der Waals surface area contributed by atoms with E-state index in [4.69, 9.17) is 0 Å². The molecule has 0 spiro atoms. The fourth-order valence-corrected chi connectivity index (χ4v) is 1.07. The van der Waals surface area contributed by atoms with Crippen molar-refractivity contribution in [3.05, 3.63) is 0 Å². The third-order valence-electron chi connectivity index (χ3n) is 1.87. The van der Waals surface area contributed by atoms with Crippen LogP contribution in [0.15, 0.2) is 0 Å². The van der Waals surface area contributed by atoms with Crippen LogP contribution in [0.2, 0.25) is 0 Å². The maximum absolute atomic E-state index is 11.9. The SMILES string of the molecule is CC(CC(F)(F)F)NCCC(=O)N(C)C. The van der Waals surface area contributed by atoms with E-state index in [-0.39, 0.29) is 18.9 Å². The molecule has 0 rings (SSSR count). The lowest BCUT2D eigenvalue weighted by molar-refractivity contribution is -0.139. The van der Waals surface area contributed by atoms with Crippen LogP contribution in [-0.2, 0) is 4.79 Å². The van der Waals surface area contributed by atoms with Gasteiger partial charge < -0.3 is 10.2 Å². The fraction of sp³-hybridized carbons (Fsp3) is 0.889. The first-order valence-corrected chi connectivity index (χ1v) is 4.72. The molecule has 90 valence electrons. The van der Waals surface area contributed by atoms with Gasteiger partial charge in [-0.05, 0) is 6.92 Å². The number of hydrogen-bond donors (Lipinski definition) is 1. The van der Waals surface area contributed by atoms with Crippen LogP contribution in [0.1, 0.15) is 19.8 Å². The number of carbonyl (C=O) groups is 1. The van der Waals surface area contributed by atoms with Crippen molar-refractivity contribution in [2.24, 2.45) is 0 Å². The molecular formula is C9H17F3N2O. The van der Waals surface area contributed by atoms with Crippen molar-refractivity contribution in [2.45, 2.75) is 32.0 Å². The number of alkyl halides is 3. The van der Waals surface area contributed by atoms with Crippen molar-refractivity contribution in [2.75, 3.05) is 20.6 Å². The Kier molecular flexibility index (Phi) is 5.64. The summed E-state index contributed by atoms with van der Waals surface area (Å²) in [5.74, 6) is -0.0956. The van der Waals surface area contributed by atoms with Crippen LogP contribution in [0.25, 0.3) is 0 Å². The van der Waals surface area contributed by atoms with Gasteiger partial charge in [0.25, 0.3) is 0 Å². The molecule has 1 unspecified atom stereocenters. The monoisotopic (exact) mass is 226 g/mol. The third-order valence-corrected chi connectivity index (χ3v) is 1.87. The van der Waals surface area contributed by atoms with E-state index in [0.29, 0.717) is 0 Å². The van der Waals surface area contributed by atoms with Crippen molar-refractivity contribution in [3.8, 4) is 0 Å². The molecule has 0 aliphatic carbocycles. The molecule has 0 heterocycles. The number of nitrogens with zero attached hydrogens (tertiary/aromatic N) is 1. The molecule has 0 bridgehead atoms. The highest BCUT2D eigenvalue weighted by atomic mass is 19.4. The molecule has 1 atom stereocenters. The zero-order valence-electron chi connectivity index (χ0n) is 9.19. The number of halogens is 3. The molecule has 3 nitrogen and oxygen atoms in total. The van der Waals surface area contributed by atoms with Crippen LogP contribution in [0, 0.1) is 0 Å². The van der Waals surface area contributed by atoms with Gasteiger partial charge in [0, 0.05) is 33.1 Å². The highest BCUT2D eigenvalue weighted by molar-refractivity contribution is 5.75. The molecule has 0 radical (unpaired) electrons. The van der Waals surface area contributed by atoms with Gasteiger partial charge in [-0.3, -0.25) is 4.79 Å². The van der Waals surface area contributed by atoms with Gasteiger partial charge in [0.1, 0.15) is 0 Å². The minimum Gasteiger partial charge on any atom is -0.349 e. The zero-order chi connectivity index (χ0) is 12.1. The van der Waals surface area contributed by atoms with Crippen LogP contribution < -0.4 is 5.32 Å². The zero-order valence-corrected chi connectivity index (χ0v) is 9.19. The molecule has 1 N–H and O–H groups in total. The van der Waals surface area contributed by atoms with Crippen molar-refractivity contribution < 1.29 is 18.0 Å². The summed E-state index contributed by atoms with van der Waals surface area (Å²) in [4.78, 5) is 12.5. The average Bonchev–Trinajstić information content (AvgIpc) is 2.00. The number of hydrogen-bond acceptors (Lipinski definition) is 2. The first-order chi connectivity index (χ1) is 6.72. The maximum Gasteiger partial charge on any atom is 0.390 e. The Balaban J connectivity index is 3.64. The lowest BCUT2D eigenvalue weighted by Crippen LogP contribution is -2.34. The van der Waals surface area contributed by atoms with Crippen LogP contribution in [0.5, 0.6) is 0 Å². The molecular weight excluding hydrogens is 209 g/mol.